The number of allylic oxidation sites excluding steroid dienone is 2. The number of nitrogens with zero attached hydrogens (tertiary/aromatic N) is 1. The summed E-state index contributed by atoms with van der Waals surface area (Å²) in [4.78, 5) is 2.26. The van der Waals surface area contributed by atoms with Gasteiger partial charge in [0.2, 0.25) is 0 Å². The number of hydrogen-bond donors (Lipinski definition) is 0. The van der Waals surface area contributed by atoms with Gasteiger partial charge in [-0.1, -0.05) is 36.1 Å². The van der Waals surface area contributed by atoms with E-state index in [4.69, 9.17) is 4.74 Å². The van der Waals surface area contributed by atoms with Gasteiger partial charge < -0.3 is 4.74 Å². The highest BCUT2D eigenvalue weighted by Crippen LogP contribution is 2.15. The molecule has 0 aliphatic heterocycles. The van der Waals surface area contributed by atoms with Crippen LogP contribution < -0.4 is 4.74 Å². The quantitative estimate of drug-likeness (QED) is 0.512. The van der Waals surface area contributed by atoms with E-state index in [1.165, 1.54) is 11.1 Å². The van der Waals surface area contributed by atoms with E-state index in [0.29, 0.717) is 6.61 Å². The zero-order valence-corrected chi connectivity index (χ0v) is 16.0. The zero-order chi connectivity index (χ0) is 18.0. The largest absolute Gasteiger partial charge is 0.489 e. The average molecular weight is 325 g/mol. The predicted octanol–water partition coefficient (Wildman–Crippen LogP) is 5.07. The molecule has 0 saturated carbocycles. The van der Waals surface area contributed by atoms with Crippen molar-refractivity contribution in [3.05, 3.63) is 53.6 Å². The lowest BCUT2D eigenvalue weighted by Gasteiger charge is -2.15. The third-order valence-corrected chi connectivity index (χ3v) is 3.38. The van der Waals surface area contributed by atoms with Gasteiger partial charge in [-0.2, -0.15) is 0 Å². The van der Waals surface area contributed by atoms with Crippen LogP contribution in [0.4, 0.5) is 0 Å². The molecule has 0 N–H and O–H groups in total. The summed E-state index contributed by atoms with van der Waals surface area (Å²) in [6.45, 7) is 12.9. The molecule has 1 rings (SSSR count). The van der Waals surface area contributed by atoms with Crippen LogP contribution in [0, 0.1) is 17.3 Å². The van der Waals surface area contributed by atoms with E-state index >= 15 is 0 Å². The summed E-state index contributed by atoms with van der Waals surface area (Å²) in [6.07, 6.45) is 6.13. The summed E-state index contributed by atoms with van der Waals surface area (Å²) in [5.74, 6) is 7.23. The molecule has 130 valence electrons. The maximum atomic E-state index is 5.81. The van der Waals surface area contributed by atoms with Gasteiger partial charge in [0.25, 0.3) is 0 Å². The summed E-state index contributed by atoms with van der Waals surface area (Å²) >= 11 is 0. The van der Waals surface area contributed by atoms with Crippen LogP contribution in [0.1, 0.15) is 40.2 Å². The molecule has 0 atom stereocenters. The summed E-state index contributed by atoms with van der Waals surface area (Å²) in [5.41, 5.74) is 2.54. The second-order valence-electron chi connectivity index (χ2n) is 7.19. The van der Waals surface area contributed by atoms with Crippen LogP contribution in [0.5, 0.6) is 5.75 Å². The third-order valence-electron chi connectivity index (χ3n) is 3.38. The lowest BCUT2D eigenvalue weighted by Crippen LogP contribution is -2.17. The Morgan fingerprint density at radius 1 is 1.29 bits per heavy atom. The van der Waals surface area contributed by atoms with Gasteiger partial charge in [0, 0.05) is 18.5 Å². The molecule has 0 spiro atoms. The van der Waals surface area contributed by atoms with Crippen LogP contribution in [0.3, 0.4) is 0 Å². The van der Waals surface area contributed by atoms with Crippen molar-refractivity contribution in [3.63, 3.8) is 0 Å². The first-order valence-electron chi connectivity index (χ1n) is 8.50. The van der Waals surface area contributed by atoms with Gasteiger partial charge in [0.15, 0.2) is 0 Å². The zero-order valence-electron chi connectivity index (χ0n) is 16.0. The summed E-state index contributed by atoms with van der Waals surface area (Å²) < 4.78 is 5.81. The second kappa shape index (κ2) is 10.0. The standard InChI is InChI=1S/C22H31NO/c1-7-19(2)18-24-21-13-11-12-20(16-21)17-23(6)15-10-8-9-14-22(3,4)5/h7-8,10-13,16H,15,17-18H2,1-6H3/b10-8+,19-7+. The summed E-state index contributed by atoms with van der Waals surface area (Å²) in [5, 5.41) is 0. The van der Waals surface area contributed by atoms with E-state index in [-0.39, 0.29) is 5.41 Å². The minimum atomic E-state index is 0.0575. The fourth-order valence-electron chi connectivity index (χ4n) is 1.94. The molecule has 0 aromatic heterocycles. The van der Waals surface area contributed by atoms with Gasteiger partial charge in [0.05, 0.1) is 0 Å². The molecule has 0 aliphatic carbocycles. The Morgan fingerprint density at radius 2 is 2.04 bits per heavy atom. The molecule has 1 aromatic rings. The topological polar surface area (TPSA) is 12.5 Å². The van der Waals surface area contributed by atoms with E-state index < -0.39 is 0 Å². The molecule has 0 unspecified atom stereocenters. The van der Waals surface area contributed by atoms with Crippen LogP contribution in [0.25, 0.3) is 0 Å². The molecule has 0 bridgehead atoms. The van der Waals surface area contributed by atoms with E-state index in [0.717, 1.165) is 18.8 Å². The number of ether oxygens (including phenoxy) is 1. The van der Waals surface area contributed by atoms with E-state index in [1.54, 1.807) is 0 Å². The number of rotatable bonds is 7. The molecule has 1 aromatic carbocycles. The summed E-state index contributed by atoms with van der Waals surface area (Å²) in [6, 6.07) is 8.31. The molecule has 24 heavy (non-hydrogen) atoms. The van der Waals surface area contributed by atoms with E-state index in [9.17, 15) is 0 Å². The SMILES string of the molecule is C/C=C(\C)COc1cccc(CN(C)C/C=C/C#CC(C)(C)C)c1. The molecule has 0 aliphatic rings. The van der Waals surface area contributed by atoms with Gasteiger partial charge in [-0.05, 0) is 71.0 Å². The monoisotopic (exact) mass is 325 g/mol. The number of benzene rings is 1. The molecule has 2 heteroatoms. The van der Waals surface area contributed by atoms with Crippen LogP contribution >= 0.6 is 0 Å². The number of hydrogen-bond acceptors (Lipinski definition) is 2. The van der Waals surface area contributed by atoms with Crippen molar-refractivity contribution in [2.75, 3.05) is 20.2 Å². The van der Waals surface area contributed by atoms with Gasteiger partial charge in [-0.15, -0.1) is 0 Å². The minimum absolute atomic E-state index is 0.0575. The Labute approximate surface area is 148 Å². The fourth-order valence-corrected chi connectivity index (χ4v) is 1.94. The van der Waals surface area contributed by atoms with Crippen molar-refractivity contribution in [3.8, 4) is 17.6 Å². The van der Waals surface area contributed by atoms with Crippen LogP contribution in [0.2, 0.25) is 0 Å². The summed E-state index contributed by atoms with van der Waals surface area (Å²) in [7, 11) is 2.11. The third kappa shape index (κ3) is 9.22. The lowest BCUT2D eigenvalue weighted by atomic mass is 9.98. The van der Waals surface area contributed by atoms with Crippen molar-refractivity contribution in [1.82, 2.24) is 4.90 Å². The minimum Gasteiger partial charge on any atom is -0.489 e. The highest BCUT2D eigenvalue weighted by Gasteiger charge is 2.03. The van der Waals surface area contributed by atoms with Crippen molar-refractivity contribution in [1.29, 1.82) is 0 Å². The first kappa shape index (κ1) is 20.1. The second-order valence-corrected chi connectivity index (χ2v) is 7.19. The Hall–Kier alpha value is -1.98. The van der Waals surface area contributed by atoms with Crippen LogP contribution in [0.15, 0.2) is 48.1 Å². The molecule has 0 fully saturated rings. The smallest absolute Gasteiger partial charge is 0.120 e. The Kier molecular flexibility index (Phi) is 8.36. The molecule has 0 heterocycles. The Balaban J connectivity index is 2.50. The van der Waals surface area contributed by atoms with Crippen molar-refractivity contribution < 1.29 is 4.74 Å². The van der Waals surface area contributed by atoms with Crippen molar-refractivity contribution in [2.45, 2.75) is 41.2 Å². The average Bonchev–Trinajstić information content (AvgIpc) is 2.51. The molecule has 0 amide bonds. The van der Waals surface area contributed by atoms with E-state index in [2.05, 4.69) is 75.8 Å². The van der Waals surface area contributed by atoms with Crippen LogP contribution in [-0.2, 0) is 6.54 Å². The van der Waals surface area contributed by atoms with Crippen LogP contribution in [-0.4, -0.2) is 25.1 Å². The normalized spacial score (nSPS) is 12.4. The molecule has 0 saturated heterocycles. The van der Waals surface area contributed by atoms with Crippen molar-refractivity contribution in [2.24, 2.45) is 5.41 Å². The first-order valence-corrected chi connectivity index (χ1v) is 8.50. The lowest BCUT2D eigenvalue weighted by molar-refractivity contribution is 0.346. The molecule has 0 radical (unpaired) electrons. The maximum Gasteiger partial charge on any atom is 0.120 e. The van der Waals surface area contributed by atoms with Gasteiger partial charge in [-0.3, -0.25) is 4.90 Å². The first-order chi connectivity index (χ1) is 11.3. The van der Waals surface area contributed by atoms with E-state index in [1.807, 2.05) is 25.1 Å². The molecular formula is C22H31NO. The van der Waals surface area contributed by atoms with Gasteiger partial charge in [-0.25, -0.2) is 0 Å². The Bertz CT molecular complexity index is 623. The number of likely N-dealkylation sites (N-methyl/N-ethyl adjacent to an activating group) is 1. The van der Waals surface area contributed by atoms with Gasteiger partial charge >= 0.3 is 0 Å². The highest BCUT2D eigenvalue weighted by atomic mass is 16.5. The Morgan fingerprint density at radius 3 is 2.71 bits per heavy atom. The molecule has 2 nitrogen and oxygen atoms in total. The molecular weight excluding hydrogens is 294 g/mol. The highest BCUT2D eigenvalue weighted by molar-refractivity contribution is 5.29. The fraction of sp³-hybridized carbons (Fsp3) is 0.455. The predicted molar refractivity (Wildman–Crippen MR) is 104 cm³/mol. The van der Waals surface area contributed by atoms with Crippen molar-refractivity contribution >= 4 is 0 Å². The maximum absolute atomic E-state index is 5.81. The van der Waals surface area contributed by atoms with Gasteiger partial charge in [0.1, 0.15) is 12.4 Å².